The van der Waals surface area contributed by atoms with Crippen molar-refractivity contribution in [2.24, 2.45) is 0 Å². The first-order chi connectivity index (χ1) is 14.2. The summed E-state index contributed by atoms with van der Waals surface area (Å²) >= 11 is 3.26. The van der Waals surface area contributed by atoms with Gasteiger partial charge in [0.05, 0.1) is 6.54 Å². The Morgan fingerprint density at radius 2 is 1.83 bits per heavy atom. The number of anilines is 1. The predicted molar refractivity (Wildman–Crippen MR) is 114 cm³/mol. The minimum atomic E-state index is -0.709. The monoisotopic (exact) mass is 476 g/mol. The summed E-state index contributed by atoms with van der Waals surface area (Å²) in [5.41, 5.74) is 2.10. The van der Waals surface area contributed by atoms with E-state index in [1.807, 2.05) is 12.1 Å². The Morgan fingerprint density at radius 1 is 1.13 bits per heavy atom. The summed E-state index contributed by atoms with van der Waals surface area (Å²) in [6.45, 7) is 3.39. The Labute approximate surface area is 180 Å². The molecule has 1 aromatic heterocycles. The molecule has 0 aliphatic carbocycles. The Bertz CT molecular complexity index is 1140. The molecule has 0 aliphatic rings. The number of nitrogens with one attached hydrogen (secondary N) is 1. The van der Waals surface area contributed by atoms with Gasteiger partial charge < -0.3 is 14.6 Å². The van der Waals surface area contributed by atoms with Crippen LogP contribution in [0.15, 0.2) is 57.8 Å². The number of hydrogen-bond acceptors (Lipinski definition) is 3. The van der Waals surface area contributed by atoms with Crippen LogP contribution in [0.3, 0.4) is 0 Å². The number of carbonyl (C=O) groups is 1. The van der Waals surface area contributed by atoms with Crippen LogP contribution in [-0.4, -0.2) is 10.5 Å². The number of benzene rings is 2. The van der Waals surface area contributed by atoms with Crippen molar-refractivity contribution in [3.63, 3.8) is 0 Å². The Kier molecular flexibility index (Phi) is 6.66. The molecule has 0 atom stereocenters. The molecule has 0 saturated carbocycles. The molecule has 1 N–H and O–H groups in total. The highest BCUT2D eigenvalue weighted by atomic mass is 79.9. The molecule has 1 heterocycles. The lowest BCUT2D eigenvalue weighted by molar-refractivity contribution is -0.114. The van der Waals surface area contributed by atoms with Gasteiger partial charge in [0.2, 0.25) is 5.91 Å². The van der Waals surface area contributed by atoms with E-state index < -0.39 is 11.6 Å². The van der Waals surface area contributed by atoms with Crippen LogP contribution in [0.1, 0.15) is 23.7 Å². The molecule has 0 fully saturated rings. The summed E-state index contributed by atoms with van der Waals surface area (Å²) in [5, 5.41) is 2.69. The largest absolute Gasteiger partial charge is 0.487 e. The molecule has 0 spiro atoms. The molecule has 156 valence electrons. The number of amides is 1. The summed E-state index contributed by atoms with van der Waals surface area (Å²) in [4.78, 5) is 23.9. The third kappa shape index (κ3) is 5.13. The second-order valence-electron chi connectivity index (χ2n) is 6.76. The minimum Gasteiger partial charge on any atom is -0.487 e. The lowest BCUT2D eigenvalue weighted by Gasteiger charge is -2.15. The van der Waals surface area contributed by atoms with E-state index in [-0.39, 0.29) is 33.9 Å². The maximum absolute atomic E-state index is 13.8. The smallest absolute Gasteiger partial charge is 0.269 e. The molecule has 0 aliphatic heterocycles. The molecule has 5 nitrogen and oxygen atoms in total. The van der Waals surface area contributed by atoms with E-state index in [0.717, 1.165) is 17.7 Å². The molecule has 1 amide bonds. The highest BCUT2D eigenvalue weighted by molar-refractivity contribution is 9.10. The van der Waals surface area contributed by atoms with Gasteiger partial charge in [-0.15, -0.1) is 0 Å². The van der Waals surface area contributed by atoms with Gasteiger partial charge in [-0.1, -0.05) is 12.1 Å². The van der Waals surface area contributed by atoms with Crippen LogP contribution in [0.4, 0.5) is 14.5 Å². The Morgan fingerprint density at radius 3 is 2.47 bits per heavy atom. The third-order valence-corrected chi connectivity index (χ3v) is 5.16. The average molecular weight is 477 g/mol. The molecule has 3 rings (SSSR count). The molecular weight excluding hydrogens is 458 g/mol. The minimum absolute atomic E-state index is 0.141. The molecule has 8 heteroatoms. The Hall–Kier alpha value is -3.00. The molecule has 30 heavy (non-hydrogen) atoms. The molecule has 0 bridgehead atoms. The van der Waals surface area contributed by atoms with E-state index in [4.69, 9.17) is 4.74 Å². The number of aromatic nitrogens is 1. The van der Waals surface area contributed by atoms with E-state index in [0.29, 0.717) is 17.9 Å². The topological polar surface area (TPSA) is 60.3 Å². The standard InChI is InChI=1S/C22H19BrF2N2O3/c1-13-9-20(30-12-16-5-6-17(24)10-19(16)25)21(23)22(29)27(13)11-15-3-7-18(8-4-15)26-14(2)28/h3-10H,11-12H2,1-2H3,(H,26,28). The van der Waals surface area contributed by atoms with Gasteiger partial charge in [0, 0.05) is 36.0 Å². The maximum Gasteiger partial charge on any atom is 0.269 e. The first-order valence-electron chi connectivity index (χ1n) is 9.08. The zero-order valence-corrected chi connectivity index (χ0v) is 17.9. The van der Waals surface area contributed by atoms with Crippen LogP contribution in [-0.2, 0) is 17.9 Å². The van der Waals surface area contributed by atoms with Crippen molar-refractivity contribution < 1.29 is 18.3 Å². The number of rotatable bonds is 6. The summed E-state index contributed by atoms with van der Waals surface area (Å²) in [6.07, 6.45) is 0. The fourth-order valence-electron chi connectivity index (χ4n) is 2.89. The first-order valence-corrected chi connectivity index (χ1v) is 9.87. The number of carbonyl (C=O) groups excluding carboxylic acids is 1. The van der Waals surface area contributed by atoms with E-state index in [2.05, 4.69) is 21.2 Å². The Balaban J connectivity index is 1.79. The zero-order valence-electron chi connectivity index (χ0n) is 16.3. The van der Waals surface area contributed by atoms with Crippen LogP contribution < -0.4 is 15.6 Å². The van der Waals surface area contributed by atoms with Gasteiger partial charge >= 0.3 is 0 Å². The molecule has 0 saturated heterocycles. The van der Waals surface area contributed by atoms with Crippen LogP contribution in [0.25, 0.3) is 0 Å². The SMILES string of the molecule is CC(=O)Nc1ccc(Cn2c(C)cc(OCc3ccc(F)cc3F)c(Br)c2=O)cc1. The van der Waals surface area contributed by atoms with Gasteiger partial charge in [-0.3, -0.25) is 9.59 Å². The lowest BCUT2D eigenvalue weighted by atomic mass is 10.2. The second-order valence-corrected chi connectivity index (χ2v) is 7.55. The number of pyridine rings is 1. The fraction of sp³-hybridized carbons (Fsp3) is 0.182. The van der Waals surface area contributed by atoms with Crippen LogP contribution in [0.2, 0.25) is 0 Å². The summed E-state index contributed by atoms with van der Waals surface area (Å²) in [6, 6.07) is 12.1. The van der Waals surface area contributed by atoms with Gasteiger partial charge in [0.15, 0.2) is 0 Å². The number of ether oxygens (including phenoxy) is 1. The van der Waals surface area contributed by atoms with Gasteiger partial charge in [-0.25, -0.2) is 8.78 Å². The van der Waals surface area contributed by atoms with E-state index in [9.17, 15) is 18.4 Å². The number of hydrogen-bond donors (Lipinski definition) is 1. The van der Waals surface area contributed by atoms with Crippen molar-refractivity contribution in [3.05, 3.63) is 91.8 Å². The van der Waals surface area contributed by atoms with Crippen molar-refractivity contribution in [2.75, 3.05) is 5.32 Å². The van der Waals surface area contributed by atoms with Crippen molar-refractivity contribution in [1.82, 2.24) is 4.57 Å². The average Bonchev–Trinajstić information content (AvgIpc) is 2.69. The van der Waals surface area contributed by atoms with Crippen LogP contribution in [0, 0.1) is 18.6 Å². The predicted octanol–water partition coefficient (Wildman–Crippen LogP) is 4.78. The van der Waals surface area contributed by atoms with E-state index in [1.54, 1.807) is 29.7 Å². The van der Waals surface area contributed by atoms with Crippen molar-refractivity contribution in [3.8, 4) is 5.75 Å². The lowest BCUT2D eigenvalue weighted by Crippen LogP contribution is -2.24. The molecular formula is C22H19BrF2N2O3. The quantitative estimate of drug-likeness (QED) is 0.556. The number of nitrogens with zero attached hydrogens (tertiary/aromatic N) is 1. The highest BCUT2D eigenvalue weighted by Gasteiger charge is 2.14. The van der Waals surface area contributed by atoms with Gasteiger partial charge in [-0.05, 0) is 52.7 Å². The molecule has 3 aromatic rings. The van der Waals surface area contributed by atoms with Crippen molar-refractivity contribution >= 4 is 27.5 Å². The first kappa shape index (κ1) is 21.7. The summed E-state index contributed by atoms with van der Waals surface area (Å²) in [5.74, 6) is -1.26. The van der Waals surface area contributed by atoms with Crippen LogP contribution in [0.5, 0.6) is 5.75 Å². The molecule has 2 aromatic carbocycles. The van der Waals surface area contributed by atoms with Crippen LogP contribution >= 0.6 is 15.9 Å². The number of halogens is 3. The van der Waals surface area contributed by atoms with Crippen molar-refractivity contribution in [2.45, 2.75) is 27.0 Å². The van der Waals surface area contributed by atoms with Gasteiger partial charge in [0.1, 0.15) is 28.5 Å². The maximum atomic E-state index is 13.8. The fourth-order valence-corrected chi connectivity index (χ4v) is 3.33. The number of aryl methyl sites for hydroxylation is 1. The highest BCUT2D eigenvalue weighted by Crippen LogP contribution is 2.24. The molecule has 0 unspecified atom stereocenters. The molecule has 0 radical (unpaired) electrons. The van der Waals surface area contributed by atoms with E-state index >= 15 is 0 Å². The summed E-state index contributed by atoms with van der Waals surface area (Å²) < 4.78 is 34.2. The zero-order chi connectivity index (χ0) is 21.8. The van der Waals surface area contributed by atoms with Gasteiger partial charge in [-0.2, -0.15) is 0 Å². The van der Waals surface area contributed by atoms with Gasteiger partial charge in [0.25, 0.3) is 5.56 Å². The van der Waals surface area contributed by atoms with Crippen molar-refractivity contribution in [1.29, 1.82) is 0 Å². The summed E-state index contributed by atoms with van der Waals surface area (Å²) in [7, 11) is 0. The second kappa shape index (κ2) is 9.21. The normalized spacial score (nSPS) is 10.7. The van der Waals surface area contributed by atoms with E-state index in [1.165, 1.54) is 13.0 Å². The third-order valence-electron chi connectivity index (χ3n) is 4.43.